The molecule has 0 radical (unpaired) electrons. The minimum Gasteiger partial charge on any atom is -0.466 e. The molecule has 1 fully saturated rings. The van der Waals surface area contributed by atoms with Crippen molar-refractivity contribution in [2.45, 2.75) is 24.9 Å². The Morgan fingerprint density at radius 1 is 1.53 bits per heavy atom. The van der Waals surface area contributed by atoms with Crippen molar-refractivity contribution in [2.24, 2.45) is 10.9 Å². The van der Waals surface area contributed by atoms with E-state index in [9.17, 15) is 0 Å². The van der Waals surface area contributed by atoms with Gasteiger partial charge in [0.1, 0.15) is 5.60 Å². The van der Waals surface area contributed by atoms with Crippen LogP contribution in [0, 0.1) is 0 Å². The minimum atomic E-state index is -0.127. The molecular weight excluding hydrogens is 218 g/mol. The molecule has 0 bridgehead atoms. The molecule has 0 aromatic carbocycles. The summed E-state index contributed by atoms with van der Waals surface area (Å²) in [4.78, 5) is 4.22. The second-order valence-electron chi connectivity index (χ2n) is 4.46. The summed E-state index contributed by atoms with van der Waals surface area (Å²) in [5, 5.41) is 11.6. The van der Waals surface area contributed by atoms with Crippen molar-refractivity contribution in [3.63, 3.8) is 0 Å². The van der Waals surface area contributed by atoms with Crippen molar-refractivity contribution in [3.05, 3.63) is 29.5 Å². The average molecular weight is 231 g/mol. The lowest BCUT2D eigenvalue weighted by atomic mass is 9.78. The number of nitrogens with zero attached hydrogens (tertiary/aromatic N) is 2. The normalized spacial score (nSPS) is 20.6. The molecule has 88 valence electrons. The molecule has 5 heteroatoms. The van der Waals surface area contributed by atoms with Gasteiger partial charge >= 0.3 is 0 Å². The molecule has 5 nitrogen and oxygen atoms in total. The van der Waals surface area contributed by atoms with Crippen LogP contribution < -0.4 is 10.5 Å². The van der Waals surface area contributed by atoms with Crippen LogP contribution in [0.1, 0.15) is 30.4 Å². The van der Waals surface area contributed by atoms with E-state index in [2.05, 4.69) is 16.2 Å². The Kier molecular flexibility index (Phi) is 2.07. The molecule has 1 aromatic rings. The van der Waals surface area contributed by atoms with E-state index in [1.54, 1.807) is 12.3 Å². The van der Waals surface area contributed by atoms with Crippen LogP contribution in [0.4, 0.5) is 0 Å². The maximum Gasteiger partial charge on any atom is 0.221 e. The highest BCUT2D eigenvalue weighted by Crippen LogP contribution is 2.41. The van der Waals surface area contributed by atoms with E-state index in [0.29, 0.717) is 11.4 Å². The Morgan fingerprint density at radius 2 is 2.35 bits per heavy atom. The summed E-state index contributed by atoms with van der Waals surface area (Å²) in [6, 6.07) is 1.80. The Labute approximate surface area is 98.6 Å². The number of ether oxygens (including phenoxy) is 1. The Balaban J connectivity index is 1.97. The monoisotopic (exact) mass is 231 g/mol. The molecule has 1 aromatic heterocycles. The Bertz CT molecular complexity index is 518. The maximum absolute atomic E-state index is 8.61. The van der Waals surface area contributed by atoms with Gasteiger partial charge in [-0.3, -0.25) is 0 Å². The van der Waals surface area contributed by atoms with Crippen molar-refractivity contribution in [1.82, 2.24) is 4.98 Å². The predicted octanol–water partition coefficient (Wildman–Crippen LogP) is 1.50. The molecule has 17 heavy (non-hydrogen) atoms. The summed E-state index contributed by atoms with van der Waals surface area (Å²) in [5.74, 6) is 0.680. The molecule has 0 unspecified atom stereocenters. The van der Waals surface area contributed by atoms with Crippen LogP contribution in [0.3, 0.4) is 0 Å². The third-order valence-corrected chi connectivity index (χ3v) is 3.35. The maximum atomic E-state index is 8.61. The van der Waals surface area contributed by atoms with Crippen molar-refractivity contribution in [2.75, 3.05) is 0 Å². The van der Waals surface area contributed by atoms with Gasteiger partial charge in [0.25, 0.3) is 0 Å². The van der Waals surface area contributed by atoms with Crippen LogP contribution in [0.25, 0.3) is 6.08 Å². The van der Waals surface area contributed by atoms with E-state index in [-0.39, 0.29) is 11.4 Å². The second kappa shape index (κ2) is 3.48. The van der Waals surface area contributed by atoms with Gasteiger partial charge in [0.2, 0.25) is 5.88 Å². The van der Waals surface area contributed by atoms with Gasteiger partial charge in [0, 0.05) is 17.3 Å². The lowest BCUT2D eigenvalue weighted by molar-refractivity contribution is 0.0337. The predicted molar refractivity (Wildman–Crippen MR) is 63.0 cm³/mol. The Hall–Kier alpha value is -2.04. The summed E-state index contributed by atoms with van der Waals surface area (Å²) < 4.78 is 5.88. The van der Waals surface area contributed by atoms with Gasteiger partial charge in [-0.1, -0.05) is 5.16 Å². The Morgan fingerprint density at radius 3 is 3.00 bits per heavy atom. The number of aromatic nitrogens is 1. The first-order valence-corrected chi connectivity index (χ1v) is 5.59. The van der Waals surface area contributed by atoms with Crippen molar-refractivity contribution in [3.8, 4) is 5.88 Å². The third kappa shape index (κ3) is 1.54. The molecule has 1 aliphatic heterocycles. The summed E-state index contributed by atoms with van der Waals surface area (Å²) in [6.45, 7) is 0. The fourth-order valence-corrected chi connectivity index (χ4v) is 2.13. The van der Waals surface area contributed by atoms with Crippen LogP contribution in [0.2, 0.25) is 0 Å². The number of oxime groups is 1. The summed E-state index contributed by atoms with van der Waals surface area (Å²) >= 11 is 0. The largest absolute Gasteiger partial charge is 0.466 e. The molecular formula is C12H13N3O2. The molecule has 1 saturated carbocycles. The molecule has 1 aliphatic carbocycles. The fourth-order valence-electron chi connectivity index (χ4n) is 2.13. The van der Waals surface area contributed by atoms with Gasteiger partial charge < -0.3 is 15.7 Å². The number of hydrogen-bond donors (Lipinski definition) is 2. The van der Waals surface area contributed by atoms with E-state index in [1.807, 2.05) is 6.08 Å². The number of hydrogen-bond acceptors (Lipinski definition) is 4. The lowest BCUT2D eigenvalue weighted by Crippen LogP contribution is -2.42. The highest BCUT2D eigenvalue weighted by molar-refractivity contribution is 5.97. The van der Waals surface area contributed by atoms with Crippen LogP contribution in [0.15, 0.2) is 23.5 Å². The highest BCUT2D eigenvalue weighted by Gasteiger charge is 2.39. The number of fused-ring (bicyclic) bond motifs is 1. The van der Waals surface area contributed by atoms with Crippen LogP contribution in [-0.2, 0) is 0 Å². The number of amidine groups is 1. The fraction of sp³-hybridized carbons (Fsp3) is 0.333. The van der Waals surface area contributed by atoms with E-state index in [4.69, 9.17) is 15.7 Å². The number of nitrogens with two attached hydrogens (primary N) is 1. The standard InChI is InChI=1S/C12H13N3O2/c13-10(15-16)9-6-8-2-5-12(3-1-4-12)17-11(8)14-7-9/h2,5-7,16H,1,3-4H2,(H2,13,15). The molecule has 2 aliphatic rings. The molecule has 3 rings (SSSR count). The van der Waals surface area contributed by atoms with Gasteiger partial charge in [-0.2, -0.15) is 0 Å². The SMILES string of the molecule is N/C(=N\O)c1cnc2c(c1)C=CC1(CCC1)O2. The van der Waals surface area contributed by atoms with Crippen LogP contribution in [-0.4, -0.2) is 21.6 Å². The first-order chi connectivity index (χ1) is 8.22. The summed E-state index contributed by atoms with van der Waals surface area (Å²) in [7, 11) is 0. The highest BCUT2D eigenvalue weighted by atomic mass is 16.5. The third-order valence-electron chi connectivity index (χ3n) is 3.35. The number of pyridine rings is 1. The molecule has 3 N–H and O–H groups in total. The lowest BCUT2D eigenvalue weighted by Gasteiger charge is -2.41. The topological polar surface area (TPSA) is 80.7 Å². The molecule has 0 atom stereocenters. The van der Waals surface area contributed by atoms with Gasteiger partial charge in [0.15, 0.2) is 5.84 Å². The van der Waals surface area contributed by atoms with Crippen molar-refractivity contribution in [1.29, 1.82) is 0 Å². The van der Waals surface area contributed by atoms with Gasteiger partial charge in [0.05, 0.1) is 0 Å². The van der Waals surface area contributed by atoms with Crippen molar-refractivity contribution >= 4 is 11.9 Å². The van der Waals surface area contributed by atoms with Crippen LogP contribution >= 0.6 is 0 Å². The van der Waals surface area contributed by atoms with E-state index < -0.39 is 0 Å². The van der Waals surface area contributed by atoms with Crippen molar-refractivity contribution < 1.29 is 9.94 Å². The van der Waals surface area contributed by atoms with E-state index in [0.717, 1.165) is 18.4 Å². The first-order valence-electron chi connectivity index (χ1n) is 5.59. The summed E-state index contributed by atoms with van der Waals surface area (Å²) in [5.41, 5.74) is 6.84. The van der Waals surface area contributed by atoms with E-state index >= 15 is 0 Å². The van der Waals surface area contributed by atoms with Crippen LogP contribution in [0.5, 0.6) is 5.88 Å². The van der Waals surface area contributed by atoms with E-state index in [1.165, 1.54) is 6.42 Å². The molecule has 2 heterocycles. The van der Waals surface area contributed by atoms with Gasteiger partial charge in [-0.15, -0.1) is 0 Å². The molecule has 0 amide bonds. The molecule has 0 saturated heterocycles. The van der Waals surface area contributed by atoms with Gasteiger partial charge in [-0.25, -0.2) is 4.98 Å². The number of rotatable bonds is 1. The van der Waals surface area contributed by atoms with Gasteiger partial charge in [-0.05, 0) is 37.5 Å². The zero-order valence-electron chi connectivity index (χ0n) is 9.26. The average Bonchev–Trinajstić information content (AvgIpc) is 2.34. The second-order valence-corrected chi connectivity index (χ2v) is 4.46. The zero-order chi connectivity index (χ0) is 11.9. The zero-order valence-corrected chi connectivity index (χ0v) is 9.26. The minimum absolute atomic E-state index is 0.0534. The first kappa shape index (κ1) is 10.1. The summed E-state index contributed by atoms with van der Waals surface area (Å²) in [6.07, 6.45) is 8.93. The molecule has 1 spiro atoms. The smallest absolute Gasteiger partial charge is 0.221 e. The quantitative estimate of drug-likeness (QED) is 0.332.